The first-order valence-corrected chi connectivity index (χ1v) is 7.52. The third kappa shape index (κ3) is 4.03. The van der Waals surface area contributed by atoms with Crippen LogP contribution in [0.3, 0.4) is 0 Å². The number of nitrogens with zero attached hydrogens (tertiary/aromatic N) is 1. The van der Waals surface area contributed by atoms with Crippen LogP contribution in [0.1, 0.15) is 30.5 Å². The maximum atomic E-state index is 13.1. The van der Waals surface area contributed by atoms with Crippen LogP contribution in [0.5, 0.6) is 11.6 Å². The van der Waals surface area contributed by atoms with E-state index < -0.39 is 17.3 Å². The van der Waals surface area contributed by atoms with Gasteiger partial charge in [0.1, 0.15) is 5.75 Å². The summed E-state index contributed by atoms with van der Waals surface area (Å²) in [6.07, 6.45) is -3.16. The summed E-state index contributed by atoms with van der Waals surface area (Å²) >= 11 is 3.22. The van der Waals surface area contributed by atoms with Gasteiger partial charge in [-0.05, 0) is 54.4 Å². The van der Waals surface area contributed by atoms with E-state index in [1.807, 2.05) is 0 Å². The number of aromatic nitrogens is 1. The van der Waals surface area contributed by atoms with E-state index >= 15 is 0 Å². The van der Waals surface area contributed by atoms with Crippen molar-refractivity contribution < 1.29 is 23.0 Å². The lowest BCUT2D eigenvalue weighted by atomic mass is 10.0. The van der Waals surface area contributed by atoms with Crippen LogP contribution >= 0.6 is 15.9 Å². The smallest absolute Gasteiger partial charge is 0.419 e. The highest BCUT2D eigenvalue weighted by molar-refractivity contribution is 9.10. The van der Waals surface area contributed by atoms with Crippen molar-refractivity contribution in [3.05, 3.63) is 51.6 Å². The summed E-state index contributed by atoms with van der Waals surface area (Å²) in [5.74, 6) is -0.290. The first-order valence-electron chi connectivity index (χ1n) is 6.73. The number of para-hydroxylation sites is 1. The molecular formula is C16H15BrF3NO2. The zero-order valence-electron chi connectivity index (χ0n) is 12.7. The second-order valence-corrected chi connectivity index (χ2v) is 6.48. The zero-order valence-corrected chi connectivity index (χ0v) is 14.3. The van der Waals surface area contributed by atoms with Gasteiger partial charge in [0.05, 0.1) is 15.6 Å². The third-order valence-corrected chi connectivity index (χ3v) is 3.80. The number of hydrogen-bond acceptors (Lipinski definition) is 3. The van der Waals surface area contributed by atoms with Crippen LogP contribution in [0.4, 0.5) is 13.2 Å². The van der Waals surface area contributed by atoms with E-state index in [1.165, 1.54) is 25.3 Å². The van der Waals surface area contributed by atoms with Crippen molar-refractivity contribution in [3.63, 3.8) is 0 Å². The molecule has 23 heavy (non-hydrogen) atoms. The lowest BCUT2D eigenvalue weighted by molar-refractivity contribution is -0.138. The van der Waals surface area contributed by atoms with Gasteiger partial charge in [-0.25, -0.2) is 4.98 Å². The minimum atomic E-state index is -4.53. The van der Waals surface area contributed by atoms with Crippen LogP contribution in [-0.4, -0.2) is 10.1 Å². The highest BCUT2D eigenvalue weighted by Gasteiger charge is 2.35. The maximum Gasteiger partial charge on any atom is 0.419 e. The van der Waals surface area contributed by atoms with Gasteiger partial charge in [0.2, 0.25) is 5.88 Å². The minimum Gasteiger partial charge on any atom is -0.437 e. The summed E-state index contributed by atoms with van der Waals surface area (Å²) in [5, 5.41) is 9.94. The summed E-state index contributed by atoms with van der Waals surface area (Å²) in [4.78, 5) is 4.01. The fraction of sp³-hybridized carbons (Fsp3) is 0.312. The predicted octanol–water partition coefficient (Wildman–Crippen LogP) is 5.19. The standard InChI is InChI=1S/C16H15BrF3NO2/c1-9-5-4-6-11(16(18,19)20)13(9)23-14-12(17)7-10(8-21-14)15(2,3)22/h4-8,22H,1-3H3. The monoisotopic (exact) mass is 389 g/mol. The van der Waals surface area contributed by atoms with Gasteiger partial charge < -0.3 is 9.84 Å². The van der Waals surface area contributed by atoms with Crippen LogP contribution in [-0.2, 0) is 11.8 Å². The van der Waals surface area contributed by atoms with Crippen LogP contribution in [0.25, 0.3) is 0 Å². The number of benzene rings is 1. The Labute approximate surface area is 140 Å². The molecule has 0 saturated heterocycles. The molecule has 1 aromatic carbocycles. The van der Waals surface area contributed by atoms with Crippen molar-refractivity contribution in [1.29, 1.82) is 0 Å². The molecule has 0 amide bonds. The van der Waals surface area contributed by atoms with E-state index in [0.29, 0.717) is 15.6 Å². The molecular weight excluding hydrogens is 375 g/mol. The highest BCUT2D eigenvalue weighted by atomic mass is 79.9. The quantitative estimate of drug-likeness (QED) is 0.784. The van der Waals surface area contributed by atoms with Gasteiger partial charge in [-0.3, -0.25) is 0 Å². The number of rotatable bonds is 3. The molecule has 0 spiro atoms. The zero-order chi connectivity index (χ0) is 17.4. The number of hydrogen-bond donors (Lipinski definition) is 1. The third-order valence-electron chi connectivity index (χ3n) is 3.23. The van der Waals surface area contributed by atoms with Gasteiger partial charge in [-0.1, -0.05) is 12.1 Å². The SMILES string of the molecule is Cc1cccc(C(F)(F)F)c1Oc1ncc(C(C)(C)O)cc1Br. The molecule has 0 aliphatic carbocycles. The van der Waals surface area contributed by atoms with Gasteiger partial charge in [-0.2, -0.15) is 13.2 Å². The summed E-state index contributed by atoms with van der Waals surface area (Å²) in [7, 11) is 0. The van der Waals surface area contributed by atoms with Gasteiger partial charge in [-0.15, -0.1) is 0 Å². The normalized spacial score (nSPS) is 12.3. The molecule has 0 saturated carbocycles. The molecule has 7 heteroatoms. The number of ether oxygens (including phenoxy) is 1. The number of pyridine rings is 1. The molecule has 0 aliphatic heterocycles. The Hall–Kier alpha value is -1.60. The Balaban J connectivity index is 2.45. The molecule has 0 unspecified atom stereocenters. The highest BCUT2D eigenvalue weighted by Crippen LogP contribution is 2.41. The van der Waals surface area contributed by atoms with E-state index in [9.17, 15) is 18.3 Å². The van der Waals surface area contributed by atoms with Gasteiger partial charge in [0.25, 0.3) is 0 Å². The topological polar surface area (TPSA) is 42.4 Å². The summed E-state index contributed by atoms with van der Waals surface area (Å²) in [5.41, 5.74) is -1.12. The molecule has 3 nitrogen and oxygen atoms in total. The largest absolute Gasteiger partial charge is 0.437 e. The molecule has 0 radical (unpaired) electrons. The molecule has 1 N–H and O–H groups in total. The Morgan fingerprint density at radius 1 is 1.22 bits per heavy atom. The van der Waals surface area contributed by atoms with Crippen LogP contribution in [0.2, 0.25) is 0 Å². The van der Waals surface area contributed by atoms with E-state index in [-0.39, 0.29) is 11.6 Å². The van der Waals surface area contributed by atoms with Gasteiger partial charge in [0, 0.05) is 11.8 Å². The molecule has 0 aliphatic rings. The lowest BCUT2D eigenvalue weighted by Crippen LogP contribution is -2.16. The van der Waals surface area contributed by atoms with Gasteiger partial charge in [0.15, 0.2) is 0 Å². The Kier molecular flexibility index (Phi) is 4.73. The van der Waals surface area contributed by atoms with Crippen molar-refractivity contribution in [2.45, 2.75) is 32.5 Å². The van der Waals surface area contributed by atoms with E-state index in [0.717, 1.165) is 6.07 Å². The molecule has 1 heterocycles. The summed E-state index contributed by atoms with van der Waals surface area (Å²) in [6, 6.07) is 5.38. The fourth-order valence-corrected chi connectivity index (χ4v) is 2.37. The van der Waals surface area contributed by atoms with E-state index in [1.54, 1.807) is 19.9 Å². The van der Waals surface area contributed by atoms with Crippen LogP contribution in [0, 0.1) is 6.92 Å². The molecule has 0 fully saturated rings. The second-order valence-electron chi connectivity index (χ2n) is 5.62. The van der Waals surface area contributed by atoms with E-state index in [2.05, 4.69) is 20.9 Å². The van der Waals surface area contributed by atoms with Crippen molar-refractivity contribution in [1.82, 2.24) is 4.98 Å². The minimum absolute atomic E-state index is 0.00204. The molecule has 0 atom stereocenters. The molecule has 0 bridgehead atoms. The Morgan fingerprint density at radius 3 is 2.39 bits per heavy atom. The molecule has 2 rings (SSSR count). The predicted molar refractivity (Wildman–Crippen MR) is 83.4 cm³/mol. The fourth-order valence-electron chi connectivity index (χ4n) is 1.94. The summed E-state index contributed by atoms with van der Waals surface area (Å²) < 4.78 is 45.1. The van der Waals surface area contributed by atoms with Gasteiger partial charge >= 0.3 is 6.18 Å². The van der Waals surface area contributed by atoms with Crippen molar-refractivity contribution in [2.75, 3.05) is 0 Å². The number of aliphatic hydroxyl groups is 1. The second kappa shape index (κ2) is 6.13. The number of halogens is 4. The Bertz CT molecular complexity index is 724. The maximum absolute atomic E-state index is 13.1. The first kappa shape index (κ1) is 17.7. The summed E-state index contributed by atoms with van der Waals surface area (Å²) in [6.45, 7) is 4.70. The van der Waals surface area contributed by atoms with Crippen LogP contribution < -0.4 is 4.74 Å². The van der Waals surface area contributed by atoms with Crippen molar-refractivity contribution in [2.24, 2.45) is 0 Å². The lowest BCUT2D eigenvalue weighted by Gasteiger charge is -2.19. The number of aryl methyl sites for hydroxylation is 1. The molecule has 1 aromatic heterocycles. The average molecular weight is 390 g/mol. The molecule has 2 aromatic rings. The average Bonchev–Trinajstić information content (AvgIpc) is 2.40. The van der Waals surface area contributed by atoms with Crippen molar-refractivity contribution >= 4 is 15.9 Å². The number of alkyl halides is 3. The Morgan fingerprint density at radius 2 is 1.87 bits per heavy atom. The van der Waals surface area contributed by atoms with Crippen molar-refractivity contribution in [3.8, 4) is 11.6 Å². The first-order chi connectivity index (χ1) is 10.5. The molecule has 124 valence electrons. The van der Waals surface area contributed by atoms with E-state index in [4.69, 9.17) is 4.74 Å². The van der Waals surface area contributed by atoms with Crippen LogP contribution in [0.15, 0.2) is 34.9 Å².